The van der Waals surface area contributed by atoms with Crippen LogP contribution in [0, 0.1) is 0 Å². The Labute approximate surface area is 160 Å². The number of hydrogen-bond acceptors (Lipinski definition) is 0. The van der Waals surface area contributed by atoms with Gasteiger partial charge in [-0.2, -0.15) is 0 Å². The van der Waals surface area contributed by atoms with Crippen molar-refractivity contribution in [2.45, 2.75) is 14.7 Å². The Morgan fingerprint density at radius 1 is 0.556 bits per heavy atom. The van der Waals surface area contributed by atoms with Crippen LogP contribution >= 0.6 is 19.4 Å². The third kappa shape index (κ3) is 8.69. The fourth-order valence-electron chi connectivity index (χ4n) is 2.11. The van der Waals surface area contributed by atoms with E-state index in [-0.39, 0.29) is 10.9 Å². The molecular weight excluding hydrogens is 429 g/mol. The van der Waals surface area contributed by atoms with Crippen molar-refractivity contribution >= 4 is 30.3 Å². The van der Waals surface area contributed by atoms with Crippen LogP contribution in [0.1, 0.15) is 0 Å². The number of benzene rings is 3. The van der Waals surface area contributed by atoms with Crippen molar-refractivity contribution in [3.8, 4) is 0 Å². The van der Waals surface area contributed by atoms with Crippen molar-refractivity contribution < 1.29 is 25.2 Å². The monoisotopic (exact) mass is 442 g/mol. The van der Waals surface area contributed by atoms with Gasteiger partial charge in [0.25, 0.3) is 0 Å². The van der Waals surface area contributed by atoms with Crippen molar-refractivity contribution in [2.75, 3.05) is 0 Å². The first-order chi connectivity index (χ1) is 12.3. The standard InChI is InChI=1S/C18H14ClS.F6P/c19-17-13-7-8-14-18(17)20(15-9-3-1-4-10-15)16-11-5-2-6-12-16;1-7(2,3,4,5)6/h1-14H;/q+1;-1. The van der Waals surface area contributed by atoms with Crippen LogP contribution in [0.15, 0.2) is 99.6 Å². The summed E-state index contributed by atoms with van der Waals surface area (Å²) < 4.78 is 59.2. The average Bonchev–Trinajstić information content (AvgIpc) is 2.56. The van der Waals surface area contributed by atoms with Gasteiger partial charge in [0.15, 0.2) is 14.7 Å². The summed E-state index contributed by atoms with van der Waals surface area (Å²) in [6, 6.07) is 29.2. The fraction of sp³-hybridized carbons (Fsp3) is 0. The number of halogens is 7. The van der Waals surface area contributed by atoms with Crippen molar-refractivity contribution in [1.29, 1.82) is 0 Å². The van der Waals surface area contributed by atoms with Crippen molar-refractivity contribution in [1.82, 2.24) is 0 Å². The number of hydrogen-bond donors (Lipinski definition) is 0. The molecule has 0 N–H and O–H groups in total. The van der Waals surface area contributed by atoms with E-state index in [9.17, 15) is 25.2 Å². The molecule has 0 aliphatic rings. The normalized spacial score (nSPS) is 13.9. The second kappa shape index (κ2) is 7.38. The van der Waals surface area contributed by atoms with Gasteiger partial charge in [0.1, 0.15) is 10.9 Å². The van der Waals surface area contributed by atoms with Crippen LogP contribution in [0.5, 0.6) is 0 Å². The van der Waals surface area contributed by atoms with Crippen LogP contribution < -0.4 is 0 Å². The van der Waals surface area contributed by atoms with Crippen LogP contribution in [0.25, 0.3) is 0 Å². The van der Waals surface area contributed by atoms with E-state index in [1.807, 2.05) is 30.3 Å². The van der Waals surface area contributed by atoms with Gasteiger partial charge in [0, 0.05) is 0 Å². The summed E-state index contributed by atoms with van der Waals surface area (Å²) in [4.78, 5) is 3.74. The van der Waals surface area contributed by atoms with Gasteiger partial charge >= 0.3 is 33.0 Å². The SMILES string of the molecule is Clc1ccccc1[S+](c1ccccc1)c1ccccc1.F[P-](F)(F)(F)(F)F. The second-order valence-corrected chi connectivity index (χ2v) is 9.64. The number of rotatable bonds is 3. The van der Waals surface area contributed by atoms with Crippen molar-refractivity contribution in [2.24, 2.45) is 0 Å². The van der Waals surface area contributed by atoms with Gasteiger partial charge in [-0.15, -0.1) is 0 Å². The molecule has 0 saturated heterocycles. The molecule has 0 aromatic heterocycles. The van der Waals surface area contributed by atoms with E-state index < -0.39 is 7.81 Å². The van der Waals surface area contributed by atoms with E-state index >= 15 is 0 Å². The van der Waals surface area contributed by atoms with Gasteiger partial charge < -0.3 is 0 Å². The van der Waals surface area contributed by atoms with Gasteiger partial charge in [-0.1, -0.05) is 60.1 Å². The zero-order valence-electron chi connectivity index (χ0n) is 13.6. The molecule has 9 heteroatoms. The van der Waals surface area contributed by atoms with Gasteiger partial charge in [0.05, 0.1) is 5.02 Å². The van der Waals surface area contributed by atoms with Gasteiger partial charge in [-0.3, -0.25) is 0 Å². The maximum atomic E-state index is 9.87. The molecule has 0 unspecified atom stereocenters. The Kier molecular flexibility index (Phi) is 5.91. The Hall–Kier alpha value is -1.69. The fourth-order valence-corrected chi connectivity index (χ4v) is 4.60. The topological polar surface area (TPSA) is 0 Å². The second-order valence-electron chi connectivity index (χ2n) is 5.32. The molecule has 3 aromatic rings. The zero-order valence-corrected chi connectivity index (χ0v) is 16.1. The molecule has 0 amide bonds. The molecular formula is C18H14ClF6PS. The van der Waals surface area contributed by atoms with Crippen LogP contribution in [-0.2, 0) is 10.9 Å². The summed E-state index contributed by atoms with van der Waals surface area (Å²) in [5, 5.41) is 0.823. The van der Waals surface area contributed by atoms with E-state index in [4.69, 9.17) is 11.6 Å². The molecule has 3 aromatic carbocycles. The molecule has 3 rings (SSSR count). The molecule has 0 atom stereocenters. The summed E-state index contributed by atoms with van der Waals surface area (Å²) in [5.41, 5.74) is 0. The van der Waals surface area contributed by atoms with E-state index in [0.717, 1.165) is 5.02 Å². The minimum atomic E-state index is -10.7. The first-order valence-electron chi connectivity index (χ1n) is 7.46. The first-order valence-corrected chi connectivity index (χ1v) is 11.1. The van der Waals surface area contributed by atoms with Crippen LogP contribution in [0.2, 0.25) is 5.02 Å². The summed E-state index contributed by atoms with van der Waals surface area (Å²) in [6.07, 6.45) is 0. The molecule has 0 aliphatic carbocycles. The molecule has 0 aliphatic heterocycles. The molecule has 0 radical (unpaired) electrons. The molecule has 0 fully saturated rings. The van der Waals surface area contributed by atoms with Gasteiger partial charge in [0.2, 0.25) is 0 Å². The third-order valence-corrected chi connectivity index (χ3v) is 5.74. The van der Waals surface area contributed by atoms with Gasteiger partial charge in [-0.25, -0.2) is 0 Å². The molecule has 0 spiro atoms. The molecule has 0 bridgehead atoms. The van der Waals surface area contributed by atoms with Crippen LogP contribution in [0.3, 0.4) is 0 Å². The predicted molar refractivity (Wildman–Crippen MR) is 100 cm³/mol. The summed E-state index contributed by atoms with van der Waals surface area (Å²) in [5.74, 6) is 0. The molecule has 146 valence electrons. The Morgan fingerprint density at radius 3 is 1.26 bits per heavy atom. The third-order valence-electron chi connectivity index (χ3n) is 3.01. The Balaban J connectivity index is 0.000000321. The maximum absolute atomic E-state index is 10.7. The predicted octanol–water partition coefficient (Wildman–Crippen LogP) is 8.82. The van der Waals surface area contributed by atoms with E-state index in [0.29, 0.717) is 0 Å². The van der Waals surface area contributed by atoms with Crippen LogP contribution in [0.4, 0.5) is 25.2 Å². The van der Waals surface area contributed by atoms with Crippen LogP contribution in [-0.4, -0.2) is 0 Å². The zero-order chi connectivity index (χ0) is 20.2. The summed E-state index contributed by atoms with van der Waals surface area (Å²) in [6.45, 7) is 0. The Bertz CT molecular complexity index is 835. The van der Waals surface area contributed by atoms with Crippen molar-refractivity contribution in [3.05, 3.63) is 90.0 Å². The summed E-state index contributed by atoms with van der Waals surface area (Å²) >= 11 is 6.43. The van der Waals surface area contributed by atoms with Gasteiger partial charge in [-0.05, 0) is 36.4 Å². The Morgan fingerprint density at radius 2 is 0.889 bits per heavy atom. The molecule has 27 heavy (non-hydrogen) atoms. The van der Waals surface area contributed by atoms with E-state index in [1.54, 1.807) is 0 Å². The van der Waals surface area contributed by atoms with Crippen molar-refractivity contribution in [3.63, 3.8) is 0 Å². The quantitative estimate of drug-likeness (QED) is 0.216. The summed E-state index contributed by atoms with van der Waals surface area (Å²) in [7, 11) is -10.8. The van der Waals surface area contributed by atoms with E-state index in [1.165, 1.54) is 14.7 Å². The minimum absolute atomic E-state index is 0.158. The molecule has 0 saturated carbocycles. The average molecular weight is 443 g/mol. The first kappa shape index (κ1) is 21.6. The van der Waals surface area contributed by atoms with E-state index in [2.05, 4.69) is 54.6 Å². The molecule has 0 heterocycles. The molecule has 0 nitrogen and oxygen atoms in total.